The SMILES string of the molecule is CCCNCCS(=O)(=O)c1ccccc1C(F)(F)F. The third kappa shape index (κ3) is 4.50. The smallest absolute Gasteiger partial charge is 0.316 e. The van der Waals surface area contributed by atoms with Crippen LogP contribution < -0.4 is 5.32 Å². The Balaban J connectivity index is 2.96. The molecular formula is C12H16F3NO2S. The molecular weight excluding hydrogens is 279 g/mol. The van der Waals surface area contributed by atoms with E-state index in [1.165, 1.54) is 12.1 Å². The Labute approximate surface area is 110 Å². The summed E-state index contributed by atoms with van der Waals surface area (Å²) in [5, 5.41) is 2.86. The quantitative estimate of drug-likeness (QED) is 0.820. The summed E-state index contributed by atoms with van der Waals surface area (Å²) < 4.78 is 62.1. The highest BCUT2D eigenvalue weighted by molar-refractivity contribution is 7.91. The van der Waals surface area contributed by atoms with Crippen molar-refractivity contribution in [3.63, 3.8) is 0 Å². The van der Waals surface area contributed by atoms with Gasteiger partial charge in [-0.15, -0.1) is 0 Å². The molecule has 0 saturated heterocycles. The van der Waals surface area contributed by atoms with Crippen LogP contribution in [-0.2, 0) is 16.0 Å². The minimum absolute atomic E-state index is 0.141. The Kier molecular flexibility index (Phi) is 5.37. The van der Waals surface area contributed by atoms with Crippen LogP contribution in [0.1, 0.15) is 18.9 Å². The highest BCUT2D eigenvalue weighted by Gasteiger charge is 2.36. The maximum absolute atomic E-state index is 12.7. The highest BCUT2D eigenvalue weighted by Crippen LogP contribution is 2.34. The van der Waals surface area contributed by atoms with Crippen LogP contribution in [0.25, 0.3) is 0 Å². The fourth-order valence-electron chi connectivity index (χ4n) is 1.59. The first kappa shape index (κ1) is 16.0. The van der Waals surface area contributed by atoms with Gasteiger partial charge in [0, 0.05) is 6.54 Å². The molecule has 1 N–H and O–H groups in total. The molecule has 0 atom stereocenters. The number of nitrogens with one attached hydrogen (secondary N) is 1. The lowest BCUT2D eigenvalue weighted by atomic mass is 10.2. The molecule has 1 aromatic carbocycles. The van der Waals surface area contributed by atoms with Gasteiger partial charge in [-0.25, -0.2) is 8.42 Å². The Hall–Kier alpha value is -1.08. The first-order chi connectivity index (χ1) is 8.79. The van der Waals surface area contributed by atoms with E-state index in [4.69, 9.17) is 0 Å². The summed E-state index contributed by atoms with van der Waals surface area (Å²) in [7, 11) is -3.94. The van der Waals surface area contributed by atoms with E-state index in [0.29, 0.717) is 6.54 Å². The summed E-state index contributed by atoms with van der Waals surface area (Å²) in [6.07, 6.45) is -3.83. The molecule has 0 spiro atoms. The summed E-state index contributed by atoms with van der Waals surface area (Å²) in [5.41, 5.74) is -1.11. The normalized spacial score (nSPS) is 12.6. The summed E-state index contributed by atoms with van der Waals surface area (Å²) >= 11 is 0. The van der Waals surface area contributed by atoms with Gasteiger partial charge in [-0.1, -0.05) is 19.1 Å². The predicted molar refractivity (Wildman–Crippen MR) is 66.7 cm³/mol. The van der Waals surface area contributed by atoms with Gasteiger partial charge in [0.2, 0.25) is 0 Å². The zero-order chi connectivity index (χ0) is 14.5. The second-order valence-electron chi connectivity index (χ2n) is 4.06. The molecule has 19 heavy (non-hydrogen) atoms. The number of benzene rings is 1. The fourth-order valence-corrected chi connectivity index (χ4v) is 3.03. The lowest BCUT2D eigenvalue weighted by molar-refractivity contribution is -0.139. The van der Waals surface area contributed by atoms with Crippen LogP contribution in [0.5, 0.6) is 0 Å². The first-order valence-electron chi connectivity index (χ1n) is 5.88. The standard InChI is InChI=1S/C12H16F3NO2S/c1-2-7-16-8-9-19(17,18)11-6-4-3-5-10(11)12(13,14)15/h3-6,16H,2,7-9H2,1H3. The average Bonchev–Trinajstić information content (AvgIpc) is 2.34. The molecule has 0 heterocycles. The Morgan fingerprint density at radius 2 is 1.79 bits per heavy atom. The van der Waals surface area contributed by atoms with Gasteiger partial charge in [0.1, 0.15) is 0 Å². The monoisotopic (exact) mass is 295 g/mol. The van der Waals surface area contributed by atoms with Crippen LogP contribution in [0.15, 0.2) is 29.2 Å². The largest absolute Gasteiger partial charge is 0.417 e. The van der Waals surface area contributed by atoms with Crippen molar-refractivity contribution in [2.24, 2.45) is 0 Å². The molecule has 0 bridgehead atoms. The second kappa shape index (κ2) is 6.38. The Morgan fingerprint density at radius 3 is 2.37 bits per heavy atom. The molecule has 108 valence electrons. The van der Waals surface area contributed by atoms with Crippen LogP contribution in [-0.4, -0.2) is 27.3 Å². The van der Waals surface area contributed by atoms with Crippen LogP contribution in [0.3, 0.4) is 0 Å². The molecule has 0 aliphatic heterocycles. The zero-order valence-corrected chi connectivity index (χ0v) is 11.3. The average molecular weight is 295 g/mol. The third-order valence-corrected chi connectivity index (χ3v) is 4.27. The molecule has 0 saturated carbocycles. The lowest BCUT2D eigenvalue weighted by Crippen LogP contribution is -2.25. The van der Waals surface area contributed by atoms with Gasteiger partial charge >= 0.3 is 6.18 Å². The minimum atomic E-state index is -4.67. The zero-order valence-electron chi connectivity index (χ0n) is 10.5. The van der Waals surface area contributed by atoms with Gasteiger partial charge in [-0.05, 0) is 25.1 Å². The predicted octanol–water partition coefficient (Wildman–Crippen LogP) is 2.48. The summed E-state index contributed by atoms with van der Waals surface area (Å²) in [5.74, 6) is -0.347. The van der Waals surface area contributed by atoms with E-state index in [1.54, 1.807) is 0 Å². The van der Waals surface area contributed by atoms with Crippen molar-refractivity contribution in [1.29, 1.82) is 0 Å². The van der Waals surface area contributed by atoms with E-state index in [2.05, 4.69) is 5.32 Å². The van der Waals surface area contributed by atoms with Crippen LogP contribution in [0, 0.1) is 0 Å². The minimum Gasteiger partial charge on any atom is -0.316 e. The molecule has 7 heteroatoms. The van der Waals surface area contributed by atoms with Gasteiger partial charge in [0.15, 0.2) is 9.84 Å². The molecule has 0 radical (unpaired) electrons. The van der Waals surface area contributed by atoms with E-state index in [-0.39, 0.29) is 12.3 Å². The summed E-state index contributed by atoms with van der Waals surface area (Å²) in [6.45, 7) is 2.69. The Morgan fingerprint density at radius 1 is 1.16 bits per heavy atom. The van der Waals surface area contributed by atoms with Crippen molar-refractivity contribution in [1.82, 2.24) is 5.32 Å². The summed E-state index contributed by atoms with van der Waals surface area (Å²) in [4.78, 5) is -0.652. The molecule has 0 unspecified atom stereocenters. The fraction of sp³-hybridized carbons (Fsp3) is 0.500. The molecule has 0 aromatic heterocycles. The van der Waals surface area contributed by atoms with Gasteiger partial charge in [0.05, 0.1) is 16.2 Å². The lowest BCUT2D eigenvalue weighted by Gasteiger charge is -2.13. The second-order valence-corrected chi connectivity index (χ2v) is 6.14. The number of hydrogen-bond acceptors (Lipinski definition) is 3. The van der Waals surface area contributed by atoms with Crippen molar-refractivity contribution < 1.29 is 21.6 Å². The van der Waals surface area contributed by atoms with Crippen molar-refractivity contribution >= 4 is 9.84 Å². The highest BCUT2D eigenvalue weighted by atomic mass is 32.2. The van der Waals surface area contributed by atoms with E-state index < -0.39 is 26.5 Å². The maximum atomic E-state index is 12.7. The van der Waals surface area contributed by atoms with Crippen molar-refractivity contribution in [2.75, 3.05) is 18.8 Å². The first-order valence-corrected chi connectivity index (χ1v) is 7.54. The van der Waals surface area contributed by atoms with Crippen LogP contribution in [0.2, 0.25) is 0 Å². The van der Waals surface area contributed by atoms with Crippen molar-refractivity contribution in [3.8, 4) is 0 Å². The number of halogens is 3. The molecule has 1 rings (SSSR count). The molecule has 0 amide bonds. The molecule has 0 fully saturated rings. The maximum Gasteiger partial charge on any atom is 0.417 e. The number of sulfone groups is 1. The van der Waals surface area contributed by atoms with Crippen molar-refractivity contribution in [3.05, 3.63) is 29.8 Å². The topological polar surface area (TPSA) is 46.2 Å². The number of alkyl halides is 3. The third-order valence-electron chi connectivity index (χ3n) is 2.50. The van der Waals surface area contributed by atoms with Gasteiger partial charge < -0.3 is 5.32 Å². The van der Waals surface area contributed by atoms with Crippen molar-refractivity contribution in [2.45, 2.75) is 24.4 Å². The molecule has 1 aromatic rings. The van der Waals surface area contributed by atoms with Gasteiger partial charge in [-0.2, -0.15) is 13.2 Å². The van der Waals surface area contributed by atoms with E-state index in [1.807, 2.05) is 6.92 Å². The number of hydrogen-bond donors (Lipinski definition) is 1. The Bertz CT molecular complexity index is 512. The van der Waals surface area contributed by atoms with Crippen LogP contribution >= 0.6 is 0 Å². The summed E-state index contributed by atoms with van der Waals surface area (Å²) in [6, 6.07) is 4.25. The molecule has 0 aliphatic carbocycles. The molecule has 0 aliphatic rings. The van der Waals surface area contributed by atoms with Gasteiger partial charge in [-0.3, -0.25) is 0 Å². The van der Waals surface area contributed by atoms with E-state index >= 15 is 0 Å². The van der Waals surface area contributed by atoms with E-state index in [9.17, 15) is 21.6 Å². The van der Waals surface area contributed by atoms with Crippen LogP contribution in [0.4, 0.5) is 13.2 Å². The van der Waals surface area contributed by atoms with E-state index in [0.717, 1.165) is 18.6 Å². The number of rotatable bonds is 6. The molecule has 3 nitrogen and oxygen atoms in total. The van der Waals surface area contributed by atoms with Gasteiger partial charge in [0.25, 0.3) is 0 Å².